The van der Waals surface area contributed by atoms with Gasteiger partial charge in [-0.3, -0.25) is 5.43 Å². The van der Waals surface area contributed by atoms with Crippen LogP contribution in [0.3, 0.4) is 0 Å². The molecule has 0 spiro atoms. The van der Waals surface area contributed by atoms with Crippen LogP contribution in [0.4, 0.5) is 4.79 Å². The number of nitrogens with one attached hydrogen (secondary N) is 3. The average Bonchev–Trinajstić information content (AvgIpc) is 2.01. The minimum atomic E-state index is -0.437. The van der Waals surface area contributed by atoms with E-state index < -0.39 is 6.03 Å². The minimum absolute atomic E-state index is 0.162. The normalized spacial score (nSPS) is 9.27. The lowest BCUT2D eigenvalue weighted by Crippen LogP contribution is -2.45. The molecule has 11 heavy (non-hydrogen) atoms. The number of hydrogen-bond acceptors (Lipinski definition) is 4. The fourth-order valence-corrected chi connectivity index (χ4v) is 0.383. The van der Waals surface area contributed by atoms with E-state index in [1.807, 2.05) is 6.92 Å². The van der Waals surface area contributed by atoms with Gasteiger partial charge in [-0.05, 0) is 6.92 Å². The van der Waals surface area contributed by atoms with Gasteiger partial charge in [0.2, 0.25) is 0 Å². The molecule has 2 amide bonds. The molecule has 0 aliphatic rings. The molecule has 0 fully saturated rings. The Morgan fingerprint density at radius 2 is 2.36 bits per heavy atom. The smallest absolute Gasteiger partial charge is 0.330 e. The summed E-state index contributed by atoms with van der Waals surface area (Å²) in [7, 11) is 0. The van der Waals surface area contributed by atoms with Crippen molar-refractivity contribution in [2.45, 2.75) is 6.92 Å². The molecule has 0 atom stereocenters. The maximum Gasteiger partial charge on any atom is 0.330 e. The Morgan fingerprint density at radius 3 is 2.91 bits per heavy atom. The highest BCUT2D eigenvalue weighted by atomic mass is 16.5. The lowest BCUT2D eigenvalue weighted by Gasteiger charge is -2.05. The van der Waals surface area contributed by atoms with Crippen molar-refractivity contribution >= 4 is 6.03 Å². The number of carbonyl (C=O) groups excluding carboxylic acids is 1. The van der Waals surface area contributed by atoms with Crippen LogP contribution >= 0.6 is 0 Å². The molecule has 6 nitrogen and oxygen atoms in total. The fraction of sp³-hybridized carbons (Fsp3) is 0.800. The highest BCUT2D eigenvalue weighted by Crippen LogP contribution is 1.67. The monoisotopic (exact) mass is 163 g/mol. The van der Waals surface area contributed by atoms with Crippen LogP contribution in [-0.4, -0.2) is 31.2 Å². The molecule has 66 valence electrons. The molecule has 0 bridgehead atoms. The summed E-state index contributed by atoms with van der Waals surface area (Å²) in [6.07, 6.45) is 0. The molecule has 0 rings (SSSR count). The van der Waals surface area contributed by atoms with Crippen LogP contribution in [0.5, 0.6) is 0 Å². The number of aliphatic hydroxyl groups is 1. The van der Waals surface area contributed by atoms with Gasteiger partial charge < -0.3 is 15.2 Å². The highest BCUT2D eigenvalue weighted by molar-refractivity contribution is 5.72. The molecule has 0 unspecified atom stereocenters. The summed E-state index contributed by atoms with van der Waals surface area (Å²) in [4.78, 5) is 10.6. The van der Waals surface area contributed by atoms with E-state index in [9.17, 15) is 4.79 Å². The fourth-order valence-electron chi connectivity index (χ4n) is 0.383. The van der Waals surface area contributed by atoms with Gasteiger partial charge in [-0.25, -0.2) is 10.2 Å². The first-order valence-corrected chi connectivity index (χ1v) is 3.26. The van der Waals surface area contributed by atoms with Crippen molar-refractivity contribution in [1.82, 2.24) is 16.2 Å². The largest absolute Gasteiger partial charge is 0.380 e. The summed E-state index contributed by atoms with van der Waals surface area (Å²) in [5.41, 5.74) is 4.37. The molecule has 4 N–H and O–H groups in total. The summed E-state index contributed by atoms with van der Waals surface area (Å²) in [5.74, 6) is 0. The molecule has 6 heteroatoms. The van der Waals surface area contributed by atoms with Crippen LogP contribution in [0.25, 0.3) is 0 Å². The number of urea groups is 1. The minimum Gasteiger partial charge on any atom is -0.380 e. The van der Waals surface area contributed by atoms with Gasteiger partial charge in [0, 0.05) is 6.61 Å². The molecular weight excluding hydrogens is 150 g/mol. The second kappa shape index (κ2) is 7.26. The van der Waals surface area contributed by atoms with Crippen LogP contribution in [0.1, 0.15) is 6.92 Å². The third kappa shape index (κ3) is 7.04. The topological polar surface area (TPSA) is 82.6 Å². The van der Waals surface area contributed by atoms with Gasteiger partial charge in [0.25, 0.3) is 0 Å². The van der Waals surface area contributed by atoms with Gasteiger partial charge in [0.15, 0.2) is 0 Å². The Hall–Kier alpha value is -0.850. The number of amides is 2. The molecule has 0 aliphatic heterocycles. The van der Waals surface area contributed by atoms with Gasteiger partial charge in [-0.2, -0.15) is 0 Å². The number of hydrazine groups is 1. The third-order valence-corrected chi connectivity index (χ3v) is 0.820. The van der Waals surface area contributed by atoms with Crippen molar-refractivity contribution in [3.63, 3.8) is 0 Å². The first-order chi connectivity index (χ1) is 5.31. The van der Waals surface area contributed by atoms with Crippen molar-refractivity contribution in [3.05, 3.63) is 0 Å². The summed E-state index contributed by atoms with van der Waals surface area (Å²) in [6, 6.07) is -0.437. The highest BCUT2D eigenvalue weighted by Gasteiger charge is 1.94. The number of aliphatic hydroxyl groups excluding tert-OH is 1. The van der Waals surface area contributed by atoms with Crippen molar-refractivity contribution in [2.75, 3.05) is 20.1 Å². The van der Waals surface area contributed by atoms with Gasteiger partial charge in [0.1, 0.15) is 13.5 Å². The maximum absolute atomic E-state index is 10.6. The molecule has 0 saturated carbocycles. The zero-order valence-corrected chi connectivity index (χ0v) is 6.39. The summed E-state index contributed by atoms with van der Waals surface area (Å²) >= 11 is 0. The first-order valence-electron chi connectivity index (χ1n) is 3.26. The van der Waals surface area contributed by atoms with E-state index in [4.69, 9.17) is 9.84 Å². The predicted octanol–water partition coefficient (Wildman–Crippen LogP) is -1.27. The van der Waals surface area contributed by atoms with Crippen LogP contribution < -0.4 is 16.2 Å². The van der Waals surface area contributed by atoms with E-state index in [0.29, 0.717) is 6.61 Å². The molecule has 0 radical (unpaired) electrons. The second-order valence-corrected chi connectivity index (χ2v) is 1.60. The molecule has 0 aromatic rings. The third-order valence-electron chi connectivity index (χ3n) is 0.820. The van der Waals surface area contributed by atoms with Crippen molar-refractivity contribution < 1.29 is 14.6 Å². The van der Waals surface area contributed by atoms with Crippen molar-refractivity contribution in [1.29, 1.82) is 0 Å². The van der Waals surface area contributed by atoms with Crippen LogP contribution in [0, 0.1) is 0 Å². The Labute approximate surface area is 64.9 Å². The standard InChI is InChI=1S/C5H13N3O3/c1-2-11-4-6-5(10)8-7-3-9/h7,9H,2-4H2,1H3,(H2,6,8,10). The lowest BCUT2D eigenvalue weighted by molar-refractivity contribution is 0.129. The average molecular weight is 163 g/mol. The van der Waals surface area contributed by atoms with E-state index >= 15 is 0 Å². The molecule has 0 aromatic heterocycles. The van der Waals surface area contributed by atoms with E-state index in [2.05, 4.69) is 16.2 Å². The number of rotatable bonds is 5. The van der Waals surface area contributed by atoms with Crippen LogP contribution in [0.15, 0.2) is 0 Å². The van der Waals surface area contributed by atoms with E-state index in [-0.39, 0.29) is 13.5 Å². The Bertz CT molecular complexity index is 109. The Balaban J connectivity index is 3.09. The van der Waals surface area contributed by atoms with Crippen molar-refractivity contribution in [3.8, 4) is 0 Å². The second-order valence-electron chi connectivity index (χ2n) is 1.60. The van der Waals surface area contributed by atoms with E-state index in [1.54, 1.807) is 0 Å². The molecule has 0 heterocycles. The maximum atomic E-state index is 10.6. The number of ether oxygens (including phenoxy) is 1. The molecule has 0 aliphatic carbocycles. The van der Waals surface area contributed by atoms with E-state index in [1.165, 1.54) is 0 Å². The zero-order valence-electron chi connectivity index (χ0n) is 6.39. The first kappa shape index (κ1) is 10.2. The van der Waals surface area contributed by atoms with Gasteiger partial charge in [-0.15, -0.1) is 0 Å². The predicted molar refractivity (Wildman–Crippen MR) is 38.4 cm³/mol. The van der Waals surface area contributed by atoms with E-state index in [0.717, 1.165) is 0 Å². The van der Waals surface area contributed by atoms with Gasteiger partial charge >= 0.3 is 6.03 Å². The summed E-state index contributed by atoms with van der Waals surface area (Å²) < 4.78 is 4.82. The molecular formula is C5H13N3O3. The quantitative estimate of drug-likeness (QED) is 0.231. The SMILES string of the molecule is CCOCNC(=O)NNCO. The number of hydrogen-bond donors (Lipinski definition) is 4. The number of carbonyl (C=O) groups is 1. The Kier molecular flexibility index (Phi) is 6.70. The van der Waals surface area contributed by atoms with Gasteiger partial charge in [0.05, 0.1) is 0 Å². The zero-order chi connectivity index (χ0) is 8.53. The van der Waals surface area contributed by atoms with Crippen molar-refractivity contribution in [2.24, 2.45) is 0 Å². The Morgan fingerprint density at radius 1 is 1.64 bits per heavy atom. The lowest BCUT2D eigenvalue weighted by atomic mass is 10.9. The summed E-state index contributed by atoms with van der Waals surface area (Å²) in [6.45, 7) is 2.23. The van der Waals surface area contributed by atoms with Gasteiger partial charge in [-0.1, -0.05) is 0 Å². The molecule has 0 aromatic carbocycles. The molecule has 0 saturated heterocycles. The summed E-state index contributed by atoms with van der Waals surface area (Å²) in [5, 5.41) is 10.6. The van der Waals surface area contributed by atoms with Crippen LogP contribution in [-0.2, 0) is 4.74 Å². The van der Waals surface area contributed by atoms with Crippen LogP contribution in [0.2, 0.25) is 0 Å².